The zero-order valence-electron chi connectivity index (χ0n) is 18.6. The van der Waals surface area contributed by atoms with Crippen molar-refractivity contribution < 1.29 is 29.0 Å². The van der Waals surface area contributed by atoms with Crippen LogP contribution in [0, 0.1) is 0 Å². The molecule has 1 aliphatic rings. The number of hydrogen-bond donors (Lipinski definition) is 2. The Bertz CT molecular complexity index is 1300. The van der Waals surface area contributed by atoms with E-state index in [4.69, 9.17) is 9.47 Å². The molecule has 34 heavy (non-hydrogen) atoms. The average molecular weight is 465 g/mol. The summed E-state index contributed by atoms with van der Waals surface area (Å²) >= 11 is 0. The van der Waals surface area contributed by atoms with Gasteiger partial charge < -0.3 is 24.8 Å². The number of hydrogen-bond acceptors (Lipinski definition) is 9. The van der Waals surface area contributed by atoms with Crippen LogP contribution in [0.25, 0.3) is 16.9 Å². The van der Waals surface area contributed by atoms with Crippen molar-refractivity contribution in [3.63, 3.8) is 0 Å². The number of nitrogens with one attached hydrogen (secondary N) is 1. The Balaban J connectivity index is 1.69. The third kappa shape index (κ3) is 4.33. The van der Waals surface area contributed by atoms with Crippen LogP contribution in [0.4, 0.5) is 5.69 Å². The molecular formula is C23H23N5O6. The van der Waals surface area contributed by atoms with Crippen LogP contribution < -0.4 is 5.32 Å². The molecule has 11 nitrogen and oxygen atoms in total. The van der Waals surface area contributed by atoms with Crippen molar-refractivity contribution in [1.29, 1.82) is 0 Å². The van der Waals surface area contributed by atoms with Crippen LogP contribution in [-0.4, -0.2) is 75.9 Å². The highest BCUT2D eigenvalue weighted by Gasteiger charge is 2.34. The van der Waals surface area contributed by atoms with Crippen LogP contribution in [0.5, 0.6) is 0 Å². The number of esters is 2. The van der Waals surface area contributed by atoms with Gasteiger partial charge in [0.05, 0.1) is 38.1 Å². The number of aliphatic hydroxyl groups excluding tert-OH is 1. The highest BCUT2D eigenvalue weighted by molar-refractivity contribution is 6.08. The fourth-order valence-corrected chi connectivity index (χ4v) is 3.67. The van der Waals surface area contributed by atoms with Crippen molar-refractivity contribution in [1.82, 2.24) is 19.5 Å². The quantitative estimate of drug-likeness (QED) is 0.471. The van der Waals surface area contributed by atoms with Gasteiger partial charge in [-0.1, -0.05) is 12.1 Å². The van der Waals surface area contributed by atoms with E-state index in [1.165, 1.54) is 16.5 Å². The fraction of sp³-hybridized carbons (Fsp3) is 0.261. The zero-order chi connectivity index (χ0) is 24.2. The lowest BCUT2D eigenvalue weighted by Gasteiger charge is -2.15. The molecule has 176 valence electrons. The van der Waals surface area contributed by atoms with E-state index in [9.17, 15) is 19.5 Å². The Morgan fingerprint density at radius 1 is 1.21 bits per heavy atom. The molecule has 0 saturated heterocycles. The van der Waals surface area contributed by atoms with Crippen LogP contribution in [0.1, 0.15) is 17.4 Å². The number of fused-ring (bicyclic) bond motifs is 1. The number of rotatable bonds is 8. The summed E-state index contributed by atoms with van der Waals surface area (Å²) in [6, 6.07) is 10.4. The van der Waals surface area contributed by atoms with E-state index >= 15 is 0 Å². The molecule has 0 fully saturated rings. The Hall–Kier alpha value is -4.25. The van der Waals surface area contributed by atoms with Gasteiger partial charge in [0.1, 0.15) is 5.70 Å². The second-order valence-electron chi connectivity index (χ2n) is 7.35. The molecule has 0 saturated carbocycles. The first kappa shape index (κ1) is 22.9. The van der Waals surface area contributed by atoms with Gasteiger partial charge in [0.25, 0.3) is 5.91 Å². The first-order valence-corrected chi connectivity index (χ1v) is 10.6. The molecule has 0 bridgehead atoms. The Morgan fingerprint density at radius 3 is 2.76 bits per heavy atom. The first-order chi connectivity index (χ1) is 16.5. The zero-order valence-corrected chi connectivity index (χ0v) is 18.6. The molecular weight excluding hydrogens is 442 g/mol. The lowest BCUT2D eigenvalue weighted by molar-refractivity contribution is -0.136. The van der Waals surface area contributed by atoms with Crippen molar-refractivity contribution in [3.8, 4) is 11.3 Å². The molecule has 11 heteroatoms. The SMILES string of the molecule is CCOC(=O)c1cc2nccc(-c3cccc(NC4=C(C(=O)OC)CN(CCO)C4=O)c3)n2n1. The highest BCUT2D eigenvalue weighted by atomic mass is 16.5. The van der Waals surface area contributed by atoms with Crippen LogP contribution in [-0.2, 0) is 19.1 Å². The molecule has 2 aromatic heterocycles. The Kier molecular flexibility index (Phi) is 6.55. The molecule has 0 spiro atoms. The Labute approximate surface area is 194 Å². The smallest absolute Gasteiger partial charge is 0.358 e. The summed E-state index contributed by atoms with van der Waals surface area (Å²) in [5.74, 6) is -1.56. The Morgan fingerprint density at radius 2 is 2.03 bits per heavy atom. The molecule has 0 aliphatic carbocycles. The fourth-order valence-electron chi connectivity index (χ4n) is 3.67. The topological polar surface area (TPSA) is 135 Å². The number of aliphatic hydroxyl groups is 1. The van der Waals surface area contributed by atoms with Crippen molar-refractivity contribution in [2.75, 3.05) is 38.7 Å². The summed E-state index contributed by atoms with van der Waals surface area (Å²) in [6.45, 7) is 1.87. The number of β-amino-alcohol motifs (C(OH)–C–C–N with tert-alkyl or cyclic N) is 1. The van der Waals surface area contributed by atoms with E-state index in [2.05, 4.69) is 15.4 Å². The van der Waals surface area contributed by atoms with Crippen molar-refractivity contribution in [2.24, 2.45) is 0 Å². The number of nitrogens with zero attached hydrogens (tertiary/aromatic N) is 4. The van der Waals surface area contributed by atoms with E-state index < -0.39 is 17.8 Å². The standard InChI is InChI=1S/C23H23N5O6/c1-3-34-23(32)17-12-19-24-8-7-18(28(19)26-17)14-5-4-6-15(11-14)25-20-16(22(31)33-2)13-27(9-10-29)21(20)30/h4-8,11-12,25,29H,3,9-10,13H2,1-2H3. The van der Waals surface area contributed by atoms with E-state index in [1.807, 2.05) is 6.07 Å². The van der Waals surface area contributed by atoms with Gasteiger partial charge in [0, 0.05) is 30.1 Å². The maximum atomic E-state index is 12.8. The molecule has 1 amide bonds. The number of carbonyl (C=O) groups is 3. The number of benzene rings is 1. The minimum absolute atomic E-state index is 0.0446. The minimum Gasteiger partial charge on any atom is -0.466 e. The lowest BCUT2D eigenvalue weighted by atomic mass is 10.1. The monoisotopic (exact) mass is 465 g/mol. The molecule has 3 heterocycles. The van der Waals surface area contributed by atoms with Gasteiger partial charge in [0.2, 0.25) is 0 Å². The highest BCUT2D eigenvalue weighted by Crippen LogP contribution is 2.27. The van der Waals surface area contributed by atoms with Gasteiger partial charge >= 0.3 is 11.9 Å². The van der Waals surface area contributed by atoms with Gasteiger partial charge in [-0.25, -0.2) is 19.1 Å². The van der Waals surface area contributed by atoms with Gasteiger partial charge in [-0.15, -0.1) is 0 Å². The molecule has 4 rings (SSSR count). The predicted molar refractivity (Wildman–Crippen MR) is 121 cm³/mol. The number of amides is 1. The van der Waals surface area contributed by atoms with Crippen LogP contribution in [0.15, 0.2) is 53.9 Å². The third-order valence-corrected chi connectivity index (χ3v) is 5.22. The van der Waals surface area contributed by atoms with E-state index in [-0.39, 0.29) is 43.3 Å². The second-order valence-corrected chi connectivity index (χ2v) is 7.35. The average Bonchev–Trinajstić information content (AvgIpc) is 3.41. The second kappa shape index (κ2) is 9.71. The molecule has 0 atom stereocenters. The third-order valence-electron chi connectivity index (χ3n) is 5.22. The molecule has 2 N–H and O–H groups in total. The summed E-state index contributed by atoms with van der Waals surface area (Å²) in [7, 11) is 1.25. The summed E-state index contributed by atoms with van der Waals surface area (Å²) in [4.78, 5) is 42.8. The summed E-state index contributed by atoms with van der Waals surface area (Å²) < 4.78 is 11.4. The molecule has 3 aromatic rings. The maximum Gasteiger partial charge on any atom is 0.358 e. The molecule has 0 unspecified atom stereocenters. The molecule has 1 aliphatic heterocycles. The van der Waals surface area contributed by atoms with Crippen molar-refractivity contribution in [3.05, 3.63) is 59.6 Å². The molecule has 1 aromatic carbocycles. The largest absolute Gasteiger partial charge is 0.466 e. The normalized spacial score (nSPS) is 13.5. The van der Waals surface area contributed by atoms with Crippen molar-refractivity contribution >= 4 is 29.2 Å². The number of carbonyl (C=O) groups excluding carboxylic acids is 3. The van der Waals surface area contributed by atoms with E-state index in [1.54, 1.807) is 43.5 Å². The summed E-state index contributed by atoms with van der Waals surface area (Å²) in [5, 5.41) is 16.6. The number of ether oxygens (including phenoxy) is 2. The molecule has 0 radical (unpaired) electrons. The summed E-state index contributed by atoms with van der Waals surface area (Å²) in [6.07, 6.45) is 1.60. The van der Waals surface area contributed by atoms with E-state index in [0.717, 1.165) is 5.56 Å². The summed E-state index contributed by atoms with van der Waals surface area (Å²) in [5.41, 5.74) is 2.84. The number of methoxy groups -OCH3 is 1. The van der Waals surface area contributed by atoms with Crippen LogP contribution in [0.3, 0.4) is 0 Å². The lowest BCUT2D eigenvalue weighted by Crippen LogP contribution is -2.31. The number of anilines is 1. The van der Waals surface area contributed by atoms with Gasteiger partial charge in [0.15, 0.2) is 11.3 Å². The first-order valence-electron chi connectivity index (χ1n) is 10.6. The maximum absolute atomic E-state index is 12.8. The van der Waals surface area contributed by atoms with Gasteiger partial charge in [-0.2, -0.15) is 5.10 Å². The van der Waals surface area contributed by atoms with Gasteiger partial charge in [-0.05, 0) is 25.1 Å². The van der Waals surface area contributed by atoms with E-state index in [0.29, 0.717) is 17.0 Å². The predicted octanol–water partition coefficient (Wildman–Crippen LogP) is 1.25. The van der Waals surface area contributed by atoms with Crippen LogP contribution in [0.2, 0.25) is 0 Å². The number of aromatic nitrogens is 3. The van der Waals surface area contributed by atoms with Crippen molar-refractivity contribution in [2.45, 2.75) is 6.92 Å². The van der Waals surface area contributed by atoms with Gasteiger partial charge in [-0.3, -0.25) is 4.79 Å². The van der Waals surface area contributed by atoms with Crippen LogP contribution >= 0.6 is 0 Å². The minimum atomic E-state index is -0.619.